The number of thiophene rings is 1. The molecule has 0 spiro atoms. The van der Waals surface area contributed by atoms with Crippen molar-refractivity contribution >= 4 is 42.8 Å². The van der Waals surface area contributed by atoms with Crippen LogP contribution in [0.25, 0.3) is 0 Å². The lowest BCUT2D eigenvalue weighted by molar-refractivity contribution is 0.595. The number of hydrogen-bond donors (Lipinski definition) is 1. The van der Waals surface area contributed by atoms with Crippen molar-refractivity contribution < 1.29 is 8.42 Å². The third-order valence-electron chi connectivity index (χ3n) is 2.78. The van der Waals surface area contributed by atoms with Gasteiger partial charge in [-0.15, -0.1) is 11.3 Å². The first kappa shape index (κ1) is 15.5. The third-order valence-corrected chi connectivity index (χ3v) is 6.34. The minimum Gasteiger partial charge on any atom is -0.380 e. The van der Waals surface area contributed by atoms with Crippen molar-refractivity contribution in [1.82, 2.24) is 0 Å². The van der Waals surface area contributed by atoms with Crippen LogP contribution in [0.15, 0.2) is 45.1 Å². The number of anilines is 1. The molecule has 0 aliphatic carbocycles. The van der Waals surface area contributed by atoms with E-state index >= 15 is 0 Å². The molecular weight excluding hydrogens is 358 g/mol. The summed E-state index contributed by atoms with van der Waals surface area (Å²) in [4.78, 5) is 1.61. The molecule has 0 unspecified atom stereocenters. The molecule has 1 heterocycles. The molecule has 0 saturated heterocycles. The van der Waals surface area contributed by atoms with Gasteiger partial charge in [-0.25, -0.2) is 8.42 Å². The minimum absolute atomic E-state index is 0.197. The Morgan fingerprint density at radius 2 is 1.85 bits per heavy atom. The molecule has 1 N–H and O–H groups in total. The summed E-state index contributed by atoms with van der Waals surface area (Å²) in [6, 6.07) is 11.0. The molecule has 3 nitrogen and oxygen atoms in total. The van der Waals surface area contributed by atoms with Gasteiger partial charge in [0, 0.05) is 17.1 Å². The SMILES string of the molecule is CCCS(=O)(=O)c1ccc(NCc2ccc(Br)s2)cc1. The monoisotopic (exact) mass is 373 g/mol. The Kier molecular flexibility index (Phi) is 5.23. The van der Waals surface area contributed by atoms with E-state index in [9.17, 15) is 8.42 Å². The number of sulfone groups is 1. The molecule has 6 heteroatoms. The first-order chi connectivity index (χ1) is 9.51. The van der Waals surface area contributed by atoms with Crippen LogP contribution in [-0.4, -0.2) is 14.2 Å². The van der Waals surface area contributed by atoms with Crippen LogP contribution in [0.5, 0.6) is 0 Å². The molecule has 0 aliphatic rings. The molecule has 0 aliphatic heterocycles. The van der Waals surface area contributed by atoms with Crippen LogP contribution in [0.2, 0.25) is 0 Å². The first-order valence-corrected chi connectivity index (χ1v) is 9.58. The van der Waals surface area contributed by atoms with Crippen molar-refractivity contribution in [2.75, 3.05) is 11.1 Å². The first-order valence-electron chi connectivity index (χ1n) is 6.32. The molecule has 0 atom stereocenters. The van der Waals surface area contributed by atoms with E-state index in [-0.39, 0.29) is 5.75 Å². The van der Waals surface area contributed by atoms with Gasteiger partial charge in [-0.05, 0) is 58.7 Å². The fourth-order valence-electron chi connectivity index (χ4n) is 1.80. The van der Waals surface area contributed by atoms with Gasteiger partial charge in [-0.2, -0.15) is 0 Å². The number of halogens is 1. The highest BCUT2D eigenvalue weighted by molar-refractivity contribution is 9.11. The summed E-state index contributed by atoms with van der Waals surface area (Å²) in [5.74, 6) is 0.197. The van der Waals surface area contributed by atoms with Gasteiger partial charge in [-0.1, -0.05) is 6.92 Å². The van der Waals surface area contributed by atoms with Crippen LogP contribution in [0.1, 0.15) is 18.2 Å². The molecule has 0 radical (unpaired) electrons. The van der Waals surface area contributed by atoms with Gasteiger partial charge < -0.3 is 5.32 Å². The molecule has 2 aromatic rings. The zero-order valence-electron chi connectivity index (χ0n) is 11.1. The highest BCUT2D eigenvalue weighted by Crippen LogP contribution is 2.23. The van der Waals surface area contributed by atoms with Crippen LogP contribution in [0.3, 0.4) is 0 Å². The van der Waals surface area contributed by atoms with Crippen molar-refractivity contribution in [2.45, 2.75) is 24.8 Å². The van der Waals surface area contributed by atoms with E-state index in [1.165, 1.54) is 4.88 Å². The minimum atomic E-state index is -3.12. The Morgan fingerprint density at radius 1 is 1.15 bits per heavy atom. The van der Waals surface area contributed by atoms with Gasteiger partial charge in [0.1, 0.15) is 0 Å². The summed E-state index contributed by atoms with van der Waals surface area (Å²) >= 11 is 5.11. The van der Waals surface area contributed by atoms with E-state index in [2.05, 4.69) is 27.3 Å². The Labute approximate surface area is 132 Å². The molecule has 20 heavy (non-hydrogen) atoms. The van der Waals surface area contributed by atoms with E-state index < -0.39 is 9.84 Å². The molecule has 0 fully saturated rings. The molecule has 1 aromatic heterocycles. The predicted molar refractivity (Wildman–Crippen MR) is 88.1 cm³/mol. The van der Waals surface area contributed by atoms with Crippen molar-refractivity contribution in [2.24, 2.45) is 0 Å². The molecule has 108 valence electrons. The molecule has 0 saturated carbocycles. The molecular formula is C14H16BrNO2S2. The van der Waals surface area contributed by atoms with Crippen LogP contribution in [0.4, 0.5) is 5.69 Å². The fraction of sp³-hybridized carbons (Fsp3) is 0.286. The zero-order valence-corrected chi connectivity index (χ0v) is 14.3. The maximum absolute atomic E-state index is 11.9. The van der Waals surface area contributed by atoms with Crippen molar-refractivity contribution in [1.29, 1.82) is 0 Å². The Hall–Kier alpha value is -0.850. The number of benzene rings is 1. The summed E-state index contributed by atoms with van der Waals surface area (Å²) < 4.78 is 24.9. The van der Waals surface area contributed by atoms with Gasteiger partial charge in [-0.3, -0.25) is 0 Å². The van der Waals surface area contributed by atoms with E-state index in [0.29, 0.717) is 11.3 Å². The van der Waals surface area contributed by atoms with Crippen LogP contribution < -0.4 is 5.32 Å². The molecule has 1 aromatic carbocycles. The van der Waals surface area contributed by atoms with Gasteiger partial charge in [0.2, 0.25) is 0 Å². The van der Waals surface area contributed by atoms with E-state index in [4.69, 9.17) is 0 Å². The Morgan fingerprint density at radius 3 is 2.40 bits per heavy atom. The summed E-state index contributed by atoms with van der Waals surface area (Å²) in [5, 5.41) is 3.28. The lowest BCUT2D eigenvalue weighted by atomic mass is 10.3. The van der Waals surface area contributed by atoms with Gasteiger partial charge >= 0.3 is 0 Å². The van der Waals surface area contributed by atoms with E-state index in [1.807, 2.05) is 25.1 Å². The van der Waals surface area contributed by atoms with Crippen molar-refractivity contribution in [3.8, 4) is 0 Å². The smallest absolute Gasteiger partial charge is 0.178 e. The lowest BCUT2D eigenvalue weighted by Crippen LogP contribution is -2.06. The highest BCUT2D eigenvalue weighted by Gasteiger charge is 2.12. The average molecular weight is 374 g/mol. The van der Waals surface area contributed by atoms with Crippen LogP contribution in [-0.2, 0) is 16.4 Å². The quantitative estimate of drug-likeness (QED) is 0.820. The lowest BCUT2D eigenvalue weighted by Gasteiger charge is -2.07. The molecule has 0 bridgehead atoms. The maximum Gasteiger partial charge on any atom is 0.178 e. The van der Waals surface area contributed by atoms with Crippen molar-refractivity contribution in [3.63, 3.8) is 0 Å². The van der Waals surface area contributed by atoms with Gasteiger partial charge in [0.15, 0.2) is 9.84 Å². The second kappa shape index (κ2) is 6.74. The Bertz CT molecular complexity index is 663. The molecule has 0 amide bonds. The summed E-state index contributed by atoms with van der Waals surface area (Å²) in [7, 11) is -3.12. The van der Waals surface area contributed by atoms with Crippen molar-refractivity contribution in [3.05, 3.63) is 45.1 Å². The van der Waals surface area contributed by atoms with Gasteiger partial charge in [0.25, 0.3) is 0 Å². The van der Waals surface area contributed by atoms with E-state index in [1.54, 1.807) is 23.5 Å². The highest BCUT2D eigenvalue weighted by atomic mass is 79.9. The summed E-state index contributed by atoms with van der Waals surface area (Å²) in [5.41, 5.74) is 0.921. The maximum atomic E-state index is 11.9. The standard InChI is InChI=1S/C14H16BrNO2S2/c1-2-9-20(17,18)13-6-3-11(4-7-13)16-10-12-5-8-14(15)19-12/h3-8,16H,2,9-10H2,1H3. The third kappa shape index (κ3) is 4.07. The zero-order chi connectivity index (χ0) is 14.6. The topological polar surface area (TPSA) is 46.2 Å². The van der Waals surface area contributed by atoms with E-state index in [0.717, 1.165) is 16.0 Å². The normalized spacial score (nSPS) is 11.5. The fourth-order valence-corrected chi connectivity index (χ4v) is 4.55. The summed E-state index contributed by atoms with van der Waals surface area (Å²) in [6.07, 6.45) is 0.635. The number of nitrogens with one attached hydrogen (secondary N) is 1. The summed E-state index contributed by atoms with van der Waals surface area (Å²) in [6.45, 7) is 2.60. The largest absolute Gasteiger partial charge is 0.380 e. The second-order valence-electron chi connectivity index (χ2n) is 4.40. The van der Waals surface area contributed by atoms with Gasteiger partial charge in [0.05, 0.1) is 14.4 Å². The Balaban J connectivity index is 2.01. The second-order valence-corrected chi connectivity index (χ2v) is 9.06. The number of rotatable bonds is 6. The molecule has 2 rings (SSSR count). The average Bonchev–Trinajstić information content (AvgIpc) is 2.83. The predicted octanol–water partition coefficient (Wildman–Crippen LogP) is 4.31. The van der Waals surface area contributed by atoms with Crippen LogP contribution in [0, 0.1) is 0 Å². The number of hydrogen-bond acceptors (Lipinski definition) is 4. The van der Waals surface area contributed by atoms with Crippen LogP contribution >= 0.6 is 27.3 Å².